The summed E-state index contributed by atoms with van der Waals surface area (Å²) in [4.78, 5) is 1.13. The van der Waals surface area contributed by atoms with E-state index < -0.39 is 0 Å². The summed E-state index contributed by atoms with van der Waals surface area (Å²) in [7, 11) is 0. The van der Waals surface area contributed by atoms with Crippen molar-refractivity contribution in [1.29, 1.82) is 5.26 Å². The van der Waals surface area contributed by atoms with Crippen molar-refractivity contribution >= 4 is 11.3 Å². The van der Waals surface area contributed by atoms with E-state index in [0.717, 1.165) is 4.88 Å². The molecule has 1 aliphatic carbocycles. The highest BCUT2D eigenvalue weighted by atomic mass is 32.1. The van der Waals surface area contributed by atoms with E-state index in [2.05, 4.69) is 11.4 Å². The lowest BCUT2D eigenvalue weighted by Gasteiger charge is -2.06. The summed E-state index contributed by atoms with van der Waals surface area (Å²) >= 11 is 1.64. The largest absolute Gasteiger partial charge is 0.295 e. The van der Waals surface area contributed by atoms with Gasteiger partial charge in [0.25, 0.3) is 0 Å². The van der Waals surface area contributed by atoms with Crippen LogP contribution in [0.3, 0.4) is 0 Å². The lowest BCUT2D eigenvalue weighted by molar-refractivity contribution is 0.634. The van der Waals surface area contributed by atoms with Crippen molar-refractivity contribution in [2.45, 2.75) is 24.9 Å². The molecule has 0 aliphatic heterocycles. The molecule has 2 nitrogen and oxygen atoms in total. The van der Waals surface area contributed by atoms with Crippen LogP contribution in [0.1, 0.15) is 23.8 Å². The van der Waals surface area contributed by atoms with Gasteiger partial charge in [0.05, 0.1) is 6.07 Å². The smallest absolute Gasteiger partial charge is 0.130 e. The van der Waals surface area contributed by atoms with Gasteiger partial charge in [-0.1, -0.05) is 6.07 Å². The maximum absolute atomic E-state index is 8.87. The highest BCUT2D eigenvalue weighted by Crippen LogP contribution is 2.25. The number of rotatable bonds is 3. The average molecular weight is 178 g/mol. The van der Waals surface area contributed by atoms with E-state index in [1.165, 1.54) is 12.8 Å². The van der Waals surface area contributed by atoms with Crippen LogP contribution >= 0.6 is 11.3 Å². The predicted molar refractivity (Wildman–Crippen MR) is 48.8 cm³/mol. The third-order valence-electron chi connectivity index (χ3n) is 1.94. The predicted octanol–water partition coefficient (Wildman–Crippen LogP) is 2.06. The molecule has 1 saturated carbocycles. The van der Waals surface area contributed by atoms with Crippen LogP contribution in [-0.2, 0) is 0 Å². The number of hydrogen-bond acceptors (Lipinski definition) is 3. The van der Waals surface area contributed by atoms with Gasteiger partial charge >= 0.3 is 0 Å². The van der Waals surface area contributed by atoms with E-state index in [1.807, 2.05) is 17.5 Å². The number of hydrogen-bond donors (Lipinski definition) is 1. The van der Waals surface area contributed by atoms with E-state index >= 15 is 0 Å². The van der Waals surface area contributed by atoms with E-state index in [0.29, 0.717) is 6.04 Å². The first-order valence-electron chi connectivity index (χ1n) is 4.09. The van der Waals surface area contributed by atoms with Gasteiger partial charge < -0.3 is 0 Å². The van der Waals surface area contributed by atoms with E-state index in [4.69, 9.17) is 5.26 Å². The second-order valence-corrected chi connectivity index (χ2v) is 4.00. The molecule has 0 amide bonds. The molecule has 2 rings (SSSR count). The molecule has 0 bridgehead atoms. The fourth-order valence-corrected chi connectivity index (χ4v) is 1.85. The second-order valence-electron chi connectivity index (χ2n) is 3.02. The minimum Gasteiger partial charge on any atom is -0.295 e. The van der Waals surface area contributed by atoms with Gasteiger partial charge in [-0.2, -0.15) is 5.26 Å². The Morgan fingerprint density at radius 3 is 3.00 bits per heavy atom. The van der Waals surface area contributed by atoms with Crippen molar-refractivity contribution in [3.05, 3.63) is 22.4 Å². The van der Waals surface area contributed by atoms with Gasteiger partial charge in [-0.3, -0.25) is 5.32 Å². The number of nitrogens with zero attached hydrogens (tertiary/aromatic N) is 1. The van der Waals surface area contributed by atoms with Gasteiger partial charge in [0.1, 0.15) is 6.04 Å². The second kappa shape index (κ2) is 3.26. The Morgan fingerprint density at radius 1 is 1.67 bits per heavy atom. The van der Waals surface area contributed by atoms with E-state index in [9.17, 15) is 0 Å². The van der Waals surface area contributed by atoms with Crippen LogP contribution in [0.2, 0.25) is 0 Å². The van der Waals surface area contributed by atoms with Crippen LogP contribution in [0, 0.1) is 11.3 Å². The van der Waals surface area contributed by atoms with Crippen molar-refractivity contribution in [2.75, 3.05) is 0 Å². The molecule has 1 unspecified atom stereocenters. The maximum atomic E-state index is 8.87. The van der Waals surface area contributed by atoms with Crippen molar-refractivity contribution in [3.8, 4) is 6.07 Å². The lowest BCUT2D eigenvalue weighted by atomic mass is 10.2. The zero-order chi connectivity index (χ0) is 8.39. The standard InChI is InChI=1S/C9H10N2S/c10-6-8(11-7-3-4-7)9-2-1-5-12-9/h1-2,5,7-8,11H,3-4H2. The fourth-order valence-electron chi connectivity index (χ4n) is 1.12. The molecule has 1 heterocycles. The Morgan fingerprint density at radius 2 is 2.50 bits per heavy atom. The highest BCUT2D eigenvalue weighted by Gasteiger charge is 2.25. The highest BCUT2D eigenvalue weighted by molar-refractivity contribution is 7.10. The summed E-state index contributed by atoms with van der Waals surface area (Å²) in [6.45, 7) is 0. The quantitative estimate of drug-likeness (QED) is 0.769. The molecule has 1 aromatic rings. The molecule has 1 fully saturated rings. The first kappa shape index (κ1) is 7.78. The average Bonchev–Trinajstić information content (AvgIpc) is 2.74. The van der Waals surface area contributed by atoms with Crippen molar-refractivity contribution in [2.24, 2.45) is 0 Å². The summed E-state index contributed by atoms with van der Waals surface area (Å²) in [6.07, 6.45) is 2.45. The van der Waals surface area contributed by atoms with Crippen molar-refractivity contribution in [3.63, 3.8) is 0 Å². The Kier molecular flexibility index (Phi) is 2.11. The first-order valence-corrected chi connectivity index (χ1v) is 4.97. The number of nitrogens with one attached hydrogen (secondary N) is 1. The molecule has 0 radical (unpaired) electrons. The molecule has 0 aromatic carbocycles. The van der Waals surface area contributed by atoms with Gasteiger partial charge in [0.15, 0.2) is 0 Å². The van der Waals surface area contributed by atoms with Gasteiger partial charge in [0, 0.05) is 10.9 Å². The SMILES string of the molecule is N#CC(NC1CC1)c1cccs1. The van der Waals surface area contributed by atoms with Gasteiger partial charge in [0.2, 0.25) is 0 Å². The molecular formula is C9H10N2S. The Labute approximate surface area is 75.8 Å². The number of thiophene rings is 1. The fraction of sp³-hybridized carbons (Fsp3) is 0.444. The molecule has 1 N–H and O–H groups in total. The summed E-state index contributed by atoms with van der Waals surface area (Å²) in [5.41, 5.74) is 0. The molecule has 1 atom stereocenters. The molecule has 12 heavy (non-hydrogen) atoms. The molecule has 1 aliphatic rings. The van der Waals surface area contributed by atoms with Crippen LogP contribution in [0.25, 0.3) is 0 Å². The van der Waals surface area contributed by atoms with Gasteiger partial charge in [-0.25, -0.2) is 0 Å². The van der Waals surface area contributed by atoms with E-state index in [-0.39, 0.29) is 6.04 Å². The maximum Gasteiger partial charge on any atom is 0.130 e. The third-order valence-corrected chi connectivity index (χ3v) is 2.87. The van der Waals surface area contributed by atoms with Gasteiger partial charge in [-0.15, -0.1) is 11.3 Å². The summed E-state index contributed by atoms with van der Waals surface area (Å²) in [5.74, 6) is 0. The summed E-state index contributed by atoms with van der Waals surface area (Å²) in [6, 6.07) is 6.78. The van der Waals surface area contributed by atoms with Crippen LogP contribution in [-0.4, -0.2) is 6.04 Å². The summed E-state index contributed by atoms with van der Waals surface area (Å²) < 4.78 is 0. The monoisotopic (exact) mass is 178 g/mol. The Bertz CT molecular complexity index is 282. The molecule has 1 aromatic heterocycles. The zero-order valence-corrected chi connectivity index (χ0v) is 7.47. The molecule has 0 saturated heterocycles. The minimum absolute atomic E-state index is 0.0856. The Balaban J connectivity index is 2.03. The molecule has 62 valence electrons. The van der Waals surface area contributed by atoms with Crippen molar-refractivity contribution in [1.82, 2.24) is 5.32 Å². The normalized spacial score (nSPS) is 18.6. The molecule has 3 heteroatoms. The van der Waals surface area contributed by atoms with Crippen LogP contribution in [0.4, 0.5) is 0 Å². The zero-order valence-electron chi connectivity index (χ0n) is 6.66. The van der Waals surface area contributed by atoms with Crippen LogP contribution in [0.5, 0.6) is 0 Å². The Hall–Kier alpha value is -0.850. The van der Waals surface area contributed by atoms with Crippen molar-refractivity contribution < 1.29 is 0 Å². The molecule has 0 spiro atoms. The van der Waals surface area contributed by atoms with Gasteiger partial charge in [-0.05, 0) is 24.3 Å². The molecular weight excluding hydrogens is 168 g/mol. The van der Waals surface area contributed by atoms with E-state index in [1.54, 1.807) is 11.3 Å². The lowest BCUT2D eigenvalue weighted by Crippen LogP contribution is -2.20. The number of nitriles is 1. The summed E-state index contributed by atoms with van der Waals surface area (Å²) in [5, 5.41) is 14.2. The van der Waals surface area contributed by atoms with Crippen LogP contribution in [0.15, 0.2) is 17.5 Å². The van der Waals surface area contributed by atoms with Crippen LogP contribution < -0.4 is 5.32 Å². The third kappa shape index (κ3) is 1.66. The topological polar surface area (TPSA) is 35.8 Å². The first-order chi connectivity index (χ1) is 5.90. The minimum atomic E-state index is -0.0856.